The second kappa shape index (κ2) is 10.8. The van der Waals surface area contributed by atoms with Crippen LogP contribution in [0.4, 0.5) is 5.69 Å². The van der Waals surface area contributed by atoms with Crippen LogP contribution in [0.15, 0.2) is 76.0 Å². The molecule has 0 spiro atoms. The van der Waals surface area contributed by atoms with Gasteiger partial charge in [-0.25, -0.2) is 8.42 Å². The van der Waals surface area contributed by atoms with Gasteiger partial charge in [0, 0.05) is 22.2 Å². The SMILES string of the molecule is CC(=O)c1cccc2oc(C(=O)Nc3ccc(-c4ccc(S(=O)(=O)N[C@H](C(=O)O)C(C)C)cc4)cc3)c(C)c12. The number of hydrogen-bond acceptors (Lipinski definition) is 6. The van der Waals surface area contributed by atoms with Gasteiger partial charge in [0.25, 0.3) is 5.91 Å². The number of hydrogen-bond donors (Lipinski definition) is 3. The molecule has 0 aliphatic rings. The van der Waals surface area contributed by atoms with Crippen molar-refractivity contribution in [3.8, 4) is 11.1 Å². The normalized spacial score (nSPS) is 12.4. The number of aryl methyl sites for hydroxylation is 1. The van der Waals surface area contributed by atoms with E-state index in [4.69, 9.17) is 4.42 Å². The topological polar surface area (TPSA) is 143 Å². The van der Waals surface area contributed by atoms with Crippen molar-refractivity contribution in [2.24, 2.45) is 5.92 Å². The van der Waals surface area contributed by atoms with Gasteiger partial charge in [-0.05, 0) is 61.2 Å². The van der Waals surface area contributed by atoms with Gasteiger partial charge in [-0.3, -0.25) is 14.4 Å². The summed E-state index contributed by atoms with van der Waals surface area (Å²) in [5, 5.41) is 12.7. The minimum absolute atomic E-state index is 0.0452. The van der Waals surface area contributed by atoms with Gasteiger partial charge in [-0.1, -0.05) is 50.2 Å². The predicted octanol–water partition coefficient (Wildman–Crippen LogP) is 5.25. The highest BCUT2D eigenvalue weighted by molar-refractivity contribution is 7.89. The zero-order chi connectivity index (χ0) is 28.5. The van der Waals surface area contributed by atoms with Gasteiger partial charge in [-0.15, -0.1) is 0 Å². The van der Waals surface area contributed by atoms with E-state index >= 15 is 0 Å². The second-order valence-electron chi connectivity index (χ2n) is 9.53. The van der Waals surface area contributed by atoms with E-state index in [0.717, 1.165) is 11.1 Å². The fourth-order valence-electron chi connectivity index (χ4n) is 4.28. The number of rotatable bonds is 9. The van der Waals surface area contributed by atoms with E-state index in [0.29, 0.717) is 27.8 Å². The van der Waals surface area contributed by atoms with Crippen LogP contribution < -0.4 is 10.0 Å². The van der Waals surface area contributed by atoms with E-state index in [1.807, 2.05) is 0 Å². The summed E-state index contributed by atoms with van der Waals surface area (Å²) in [4.78, 5) is 36.3. The number of carboxylic acids is 1. The Morgan fingerprint density at radius 3 is 2.03 bits per heavy atom. The van der Waals surface area contributed by atoms with Crippen LogP contribution >= 0.6 is 0 Å². The number of amides is 1. The monoisotopic (exact) mass is 548 g/mol. The van der Waals surface area contributed by atoms with Crippen LogP contribution in [0.3, 0.4) is 0 Å². The molecular weight excluding hydrogens is 520 g/mol. The molecule has 0 aliphatic heterocycles. The van der Waals surface area contributed by atoms with Crippen molar-refractivity contribution >= 4 is 44.3 Å². The predicted molar refractivity (Wildman–Crippen MR) is 147 cm³/mol. The number of benzene rings is 3. The summed E-state index contributed by atoms with van der Waals surface area (Å²) < 4.78 is 33.3. The van der Waals surface area contributed by atoms with Crippen LogP contribution in [-0.4, -0.2) is 37.2 Å². The van der Waals surface area contributed by atoms with E-state index in [1.165, 1.54) is 19.1 Å². The number of aliphatic carboxylic acids is 1. The maximum absolute atomic E-state index is 12.9. The maximum Gasteiger partial charge on any atom is 0.322 e. The summed E-state index contributed by atoms with van der Waals surface area (Å²) in [6.07, 6.45) is 0. The molecule has 1 heterocycles. The summed E-state index contributed by atoms with van der Waals surface area (Å²) in [7, 11) is -4.02. The fraction of sp³-hybridized carbons (Fsp3) is 0.207. The first kappa shape index (κ1) is 27.7. The Balaban J connectivity index is 1.50. The fourth-order valence-corrected chi connectivity index (χ4v) is 5.62. The summed E-state index contributed by atoms with van der Waals surface area (Å²) in [5.41, 5.74) is 3.57. The van der Waals surface area contributed by atoms with Crippen molar-refractivity contribution < 1.29 is 32.3 Å². The third-order valence-electron chi connectivity index (χ3n) is 6.39. The van der Waals surface area contributed by atoms with Crippen molar-refractivity contribution in [1.29, 1.82) is 0 Å². The standard InChI is InChI=1S/C29H28N2O7S/c1-16(2)26(29(34)35)31-39(36,37)22-14-10-20(11-15-22)19-8-12-21(13-9-19)30-28(33)27-17(3)25-23(18(4)32)6-5-7-24(25)38-27/h5-16,26,31H,1-4H3,(H,30,33)(H,34,35)/t26-/m0/s1. The molecule has 9 nitrogen and oxygen atoms in total. The average Bonchev–Trinajstić information content (AvgIpc) is 3.24. The Hall–Kier alpha value is -4.28. The van der Waals surface area contributed by atoms with Crippen LogP contribution in [0.5, 0.6) is 0 Å². The molecule has 0 radical (unpaired) electrons. The van der Waals surface area contributed by atoms with Crippen molar-refractivity contribution in [3.05, 3.63) is 83.6 Å². The van der Waals surface area contributed by atoms with Crippen molar-refractivity contribution in [2.75, 3.05) is 5.32 Å². The average molecular weight is 549 g/mol. The lowest BCUT2D eigenvalue weighted by Crippen LogP contribution is -2.44. The number of ketones is 1. The molecule has 3 aromatic carbocycles. The van der Waals surface area contributed by atoms with E-state index in [2.05, 4.69) is 10.0 Å². The highest BCUT2D eigenvalue weighted by atomic mass is 32.2. The largest absolute Gasteiger partial charge is 0.480 e. The van der Waals surface area contributed by atoms with Crippen molar-refractivity contribution in [3.63, 3.8) is 0 Å². The number of fused-ring (bicyclic) bond motifs is 1. The molecule has 0 saturated carbocycles. The molecule has 4 rings (SSSR count). The zero-order valence-corrected chi connectivity index (χ0v) is 22.6. The van der Waals surface area contributed by atoms with Crippen LogP contribution in [0.25, 0.3) is 22.1 Å². The molecule has 4 aromatic rings. The molecule has 1 aromatic heterocycles. The Labute approximate surface area is 225 Å². The number of carbonyl (C=O) groups is 3. The quantitative estimate of drug-likeness (QED) is 0.242. The molecular formula is C29H28N2O7S. The molecule has 0 fully saturated rings. The highest BCUT2D eigenvalue weighted by Gasteiger charge is 2.28. The highest BCUT2D eigenvalue weighted by Crippen LogP contribution is 2.30. The van der Waals surface area contributed by atoms with Gasteiger partial charge in [0.1, 0.15) is 11.6 Å². The van der Waals surface area contributed by atoms with Crippen LogP contribution in [0.2, 0.25) is 0 Å². The Morgan fingerprint density at radius 2 is 1.49 bits per heavy atom. The smallest absolute Gasteiger partial charge is 0.322 e. The molecule has 0 aliphatic carbocycles. The molecule has 0 unspecified atom stereocenters. The number of carbonyl (C=O) groups excluding carboxylic acids is 2. The third-order valence-corrected chi connectivity index (χ3v) is 7.85. The maximum atomic E-state index is 12.9. The van der Waals surface area contributed by atoms with E-state index in [-0.39, 0.29) is 16.4 Å². The first-order chi connectivity index (χ1) is 18.4. The van der Waals surface area contributed by atoms with E-state index in [1.54, 1.807) is 75.4 Å². The molecule has 202 valence electrons. The molecule has 10 heteroatoms. The lowest BCUT2D eigenvalue weighted by atomic mass is 10.0. The summed E-state index contributed by atoms with van der Waals surface area (Å²) in [6.45, 7) is 6.45. The van der Waals surface area contributed by atoms with Gasteiger partial charge >= 0.3 is 5.97 Å². The number of furan rings is 1. The molecule has 0 bridgehead atoms. The third kappa shape index (κ3) is 5.76. The number of nitrogens with one attached hydrogen (secondary N) is 2. The molecule has 1 atom stereocenters. The number of anilines is 1. The lowest BCUT2D eigenvalue weighted by molar-refractivity contribution is -0.140. The van der Waals surface area contributed by atoms with Crippen molar-refractivity contribution in [1.82, 2.24) is 4.72 Å². The minimum atomic E-state index is -4.02. The Morgan fingerprint density at radius 1 is 0.897 bits per heavy atom. The van der Waals surface area contributed by atoms with Gasteiger partial charge in [0.15, 0.2) is 11.5 Å². The number of carboxylic acid groups (broad SMARTS) is 1. The summed E-state index contributed by atoms with van der Waals surface area (Å²) in [5.74, 6) is -2.11. The first-order valence-electron chi connectivity index (χ1n) is 12.2. The number of sulfonamides is 1. The zero-order valence-electron chi connectivity index (χ0n) is 21.8. The molecule has 39 heavy (non-hydrogen) atoms. The lowest BCUT2D eigenvalue weighted by Gasteiger charge is -2.18. The van der Waals surface area contributed by atoms with Gasteiger partial charge in [0.2, 0.25) is 10.0 Å². The first-order valence-corrected chi connectivity index (χ1v) is 13.7. The van der Waals surface area contributed by atoms with Gasteiger partial charge in [0.05, 0.1) is 4.90 Å². The van der Waals surface area contributed by atoms with Crippen LogP contribution in [0.1, 0.15) is 47.2 Å². The van der Waals surface area contributed by atoms with Gasteiger partial charge < -0.3 is 14.8 Å². The van der Waals surface area contributed by atoms with E-state index < -0.39 is 33.9 Å². The van der Waals surface area contributed by atoms with Crippen LogP contribution in [0, 0.1) is 12.8 Å². The van der Waals surface area contributed by atoms with Gasteiger partial charge in [-0.2, -0.15) is 4.72 Å². The molecule has 1 amide bonds. The summed E-state index contributed by atoms with van der Waals surface area (Å²) in [6, 6.07) is 16.9. The van der Waals surface area contributed by atoms with Crippen LogP contribution in [-0.2, 0) is 14.8 Å². The van der Waals surface area contributed by atoms with E-state index in [9.17, 15) is 27.9 Å². The Kier molecular flexibility index (Phi) is 7.71. The van der Waals surface area contributed by atoms with Crippen molar-refractivity contribution in [2.45, 2.75) is 38.6 Å². The summed E-state index contributed by atoms with van der Waals surface area (Å²) >= 11 is 0. The number of Topliss-reactive ketones (excluding diaryl/α,β-unsaturated/α-hetero) is 1. The molecule has 3 N–H and O–H groups in total. The second-order valence-corrected chi connectivity index (χ2v) is 11.2. The molecule has 0 saturated heterocycles. The minimum Gasteiger partial charge on any atom is -0.480 e. The Bertz CT molecular complexity index is 1670.